The van der Waals surface area contributed by atoms with Gasteiger partial charge < -0.3 is 14.4 Å². The lowest BCUT2D eigenvalue weighted by molar-refractivity contribution is -0.128. The summed E-state index contributed by atoms with van der Waals surface area (Å²) in [6, 6.07) is 40.7. The number of aliphatic hydroxyl groups is 1. The van der Waals surface area contributed by atoms with Gasteiger partial charge in [-0.2, -0.15) is 0 Å². The van der Waals surface area contributed by atoms with Gasteiger partial charge in [0.2, 0.25) is 0 Å². The van der Waals surface area contributed by atoms with Crippen molar-refractivity contribution in [3.63, 3.8) is 0 Å². The second kappa shape index (κ2) is 16.7. The minimum absolute atomic E-state index is 0.0255. The summed E-state index contributed by atoms with van der Waals surface area (Å²) in [5.41, 5.74) is 3.02. The predicted octanol–water partition coefficient (Wildman–Crippen LogP) is 10.6. The van der Waals surface area contributed by atoms with Crippen LogP contribution in [0.5, 0.6) is 5.75 Å². The topological polar surface area (TPSA) is 86.7 Å². The third-order valence-electron chi connectivity index (χ3n) is 10.9. The molecule has 2 fully saturated rings. The maximum absolute atomic E-state index is 12.0. The van der Waals surface area contributed by atoms with Crippen molar-refractivity contribution in [1.29, 1.82) is 0 Å². The zero-order chi connectivity index (χ0) is 36.6. The van der Waals surface area contributed by atoms with Gasteiger partial charge >= 0.3 is 0 Å². The summed E-state index contributed by atoms with van der Waals surface area (Å²) >= 11 is -1.03. The first kappa shape index (κ1) is 37.8. The summed E-state index contributed by atoms with van der Waals surface area (Å²) < 4.78 is 16.9. The molecule has 8 rings (SSSR count). The van der Waals surface area contributed by atoms with Gasteiger partial charge in [-0.1, -0.05) is 124 Å². The third kappa shape index (κ3) is 8.70. The molecule has 2 aliphatic carbocycles. The molecule has 6 heteroatoms. The fourth-order valence-corrected chi connectivity index (χ4v) is 7.76. The van der Waals surface area contributed by atoms with Crippen LogP contribution in [-0.2, 0) is 16.0 Å². The van der Waals surface area contributed by atoms with Crippen LogP contribution < -0.4 is 4.74 Å². The summed E-state index contributed by atoms with van der Waals surface area (Å²) in [6.45, 7) is 11.9. The number of hydrogen-bond acceptors (Lipinski definition) is 5. The van der Waals surface area contributed by atoms with E-state index in [9.17, 15) is 19.2 Å². The van der Waals surface area contributed by atoms with Crippen LogP contribution in [0, 0.1) is 16.7 Å². The summed E-state index contributed by atoms with van der Waals surface area (Å²) in [6.07, 6.45) is 3.13. The standard InChI is InChI=1S/C15H12O2.C12H12O.C10H16O.C8H8OS/c16-13-10-15(11-6-2-1-3-7-11)17-14-9-5-4-8-12(13)14;1-9(13)11-7-6-10-4-2-3-5-12(10)8-11;1-9(2)7-4-5-10(9,3)8(11)6-7;1-2-10(9)8-6-4-3-5-7-8/h1-9,15H,10H2;2-9,13H,1H3;7H,4-6H2,1-3H3;2-7H,1H2. The second-order valence-corrected chi connectivity index (χ2v) is 15.5. The zero-order valence-corrected chi connectivity index (χ0v) is 30.8. The molecule has 5 atom stereocenters. The van der Waals surface area contributed by atoms with Gasteiger partial charge in [0.25, 0.3) is 0 Å². The van der Waals surface area contributed by atoms with Crippen LogP contribution in [-0.4, -0.2) is 21.2 Å². The highest BCUT2D eigenvalue weighted by Gasteiger charge is 2.61. The fourth-order valence-electron chi connectivity index (χ4n) is 7.15. The summed E-state index contributed by atoms with van der Waals surface area (Å²) in [5, 5.41) is 13.2. The molecule has 0 spiro atoms. The lowest BCUT2D eigenvalue weighted by atomic mass is 9.70. The Kier molecular flexibility index (Phi) is 12.4. The van der Waals surface area contributed by atoms with Crippen LogP contribution in [0.25, 0.3) is 10.8 Å². The molecular weight excluding hydrogens is 653 g/mol. The Labute approximate surface area is 305 Å². The van der Waals surface area contributed by atoms with Crippen LogP contribution in [0.15, 0.2) is 144 Å². The molecule has 2 saturated carbocycles. The normalized spacial score (nSPS) is 22.0. The van der Waals surface area contributed by atoms with Gasteiger partial charge in [-0.25, -0.2) is 0 Å². The van der Waals surface area contributed by atoms with Gasteiger partial charge in [0.05, 0.1) is 18.1 Å². The Bertz CT molecular complexity index is 1940. The SMILES string of the molecule is C=C[S+]([O-])c1ccccc1.CC(O)c1ccc2ccccc2c1.CC12CCC(CC1=O)C2(C)C.O=C1CC(c2ccccc2)Oc2ccccc21. The molecule has 5 aromatic rings. The number of benzene rings is 5. The molecule has 1 heterocycles. The predicted molar refractivity (Wildman–Crippen MR) is 207 cm³/mol. The Hall–Kier alpha value is -4.49. The van der Waals surface area contributed by atoms with Crippen molar-refractivity contribution in [2.75, 3.05) is 0 Å². The molecular formula is C45H48O5S. The number of para-hydroxylation sites is 1. The van der Waals surface area contributed by atoms with Gasteiger partial charge in [0.15, 0.2) is 10.7 Å². The van der Waals surface area contributed by atoms with E-state index in [0.29, 0.717) is 29.4 Å². The highest BCUT2D eigenvalue weighted by molar-refractivity contribution is 7.94. The van der Waals surface area contributed by atoms with E-state index >= 15 is 0 Å². The molecule has 0 aromatic heterocycles. The van der Waals surface area contributed by atoms with Crippen molar-refractivity contribution in [1.82, 2.24) is 0 Å². The number of carbonyl (C=O) groups is 2. The summed E-state index contributed by atoms with van der Waals surface area (Å²) in [5.74, 6) is 2.04. The number of rotatable bonds is 4. The monoisotopic (exact) mass is 700 g/mol. The number of carbonyl (C=O) groups excluding carboxylic acids is 2. The van der Waals surface area contributed by atoms with Gasteiger partial charge in [-0.3, -0.25) is 9.59 Å². The van der Waals surface area contributed by atoms with Crippen LogP contribution >= 0.6 is 0 Å². The van der Waals surface area contributed by atoms with Gasteiger partial charge in [0, 0.05) is 23.0 Å². The Morgan fingerprint density at radius 3 is 2.00 bits per heavy atom. The van der Waals surface area contributed by atoms with E-state index in [4.69, 9.17) is 4.74 Å². The smallest absolute Gasteiger partial charge is 0.170 e. The van der Waals surface area contributed by atoms with Crippen molar-refractivity contribution in [2.24, 2.45) is 16.7 Å². The second-order valence-electron chi connectivity index (χ2n) is 14.1. The van der Waals surface area contributed by atoms with Crippen molar-refractivity contribution in [3.8, 4) is 5.75 Å². The first-order valence-corrected chi connectivity index (χ1v) is 18.8. The molecule has 3 aliphatic rings. The first-order valence-electron chi connectivity index (χ1n) is 17.6. The molecule has 0 saturated heterocycles. The third-order valence-corrected chi connectivity index (χ3v) is 11.9. The Balaban J connectivity index is 0.000000135. The largest absolute Gasteiger partial charge is 0.607 e. The van der Waals surface area contributed by atoms with E-state index in [1.807, 2.05) is 115 Å². The van der Waals surface area contributed by atoms with Crippen molar-refractivity contribution >= 4 is 33.5 Å². The van der Waals surface area contributed by atoms with E-state index in [0.717, 1.165) is 28.9 Å². The molecule has 2 bridgehead atoms. The minimum Gasteiger partial charge on any atom is -0.607 e. The molecule has 5 aromatic carbocycles. The highest BCUT2D eigenvalue weighted by Crippen LogP contribution is 2.63. The lowest BCUT2D eigenvalue weighted by Crippen LogP contribution is -2.32. The lowest BCUT2D eigenvalue weighted by Gasteiger charge is -2.32. The maximum atomic E-state index is 12.0. The van der Waals surface area contributed by atoms with Crippen molar-refractivity contribution in [2.45, 2.75) is 70.5 Å². The average Bonchev–Trinajstić information content (AvgIpc) is 3.49. The molecule has 0 radical (unpaired) electrons. The van der Waals surface area contributed by atoms with Crippen LogP contribution in [0.3, 0.4) is 0 Å². The van der Waals surface area contributed by atoms with Crippen LogP contribution in [0.2, 0.25) is 0 Å². The van der Waals surface area contributed by atoms with Gasteiger partial charge in [-0.05, 0) is 83.3 Å². The molecule has 1 N–H and O–H groups in total. The van der Waals surface area contributed by atoms with Gasteiger partial charge in [0.1, 0.15) is 23.0 Å². The van der Waals surface area contributed by atoms with Crippen LogP contribution in [0.1, 0.15) is 87.1 Å². The molecule has 5 nitrogen and oxygen atoms in total. The molecule has 1 aliphatic heterocycles. The van der Waals surface area contributed by atoms with E-state index in [1.54, 1.807) is 6.92 Å². The number of fused-ring (bicyclic) bond motifs is 4. The van der Waals surface area contributed by atoms with Crippen LogP contribution in [0.4, 0.5) is 0 Å². The molecule has 0 amide bonds. The Morgan fingerprint density at radius 2 is 1.43 bits per heavy atom. The average molecular weight is 701 g/mol. The fraction of sp³-hybridized carbons (Fsp3) is 0.289. The van der Waals surface area contributed by atoms with Crippen molar-refractivity contribution < 1.29 is 24.0 Å². The van der Waals surface area contributed by atoms with E-state index in [1.165, 1.54) is 22.6 Å². The molecule has 5 unspecified atom stereocenters. The minimum atomic E-state index is -1.03. The number of hydrogen-bond donors (Lipinski definition) is 1. The number of ether oxygens (including phenoxy) is 1. The maximum Gasteiger partial charge on any atom is 0.170 e. The number of ketones is 2. The first-order chi connectivity index (χ1) is 24.4. The highest BCUT2D eigenvalue weighted by atomic mass is 32.2. The molecule has 264 valence electrons. The molecule has 51 heavy (non-hydrogen) atoms. The quantitative estimate of drug-likeness (QED) is 0.189. The van der Waals surface area contributed by atoms with Gasteiger partial charge in [-0.15, -0.1) is 0 Å². The Morgan fingerprint density at radius 1 is 0.824 bits per heavy atom. The summed E-state index contributed by atoms with van der Waals surface area (Å²) in [7, 11) is 0. The van der Waals surface area contributed by atoms with E-state index in [-0.39, 0.29) is 28.8 Å². The van der Waals surface area contributed by atoms with Crippen molar-refractivity contribution in [3.05, 3.63) is 156 Å². The number of Topliss-reactive ketones (excluding diaryl/α,β-unsaturated/α-hetero) is 2. The zero-order valence-electron chi connectivity index (χ0n) is 30.0. The number of aliphatic hydroxyl groups excluding tert-OH is 1. The van der Waals surface area contributed by atoms with E-state index in [2.05, 4.69) is 39.5 Å². The van der Waals surface area contributed by atoms with E-state index < -0.39 is 11.2 Å². The summed E-state index contributed by atoms with van der Waals surface area (Å²) in [4.78, 5) is 24.4.